The molecule has 0 radical (unpaired) electrons. The third-order valence-corrected chi connectivity index (χ3v) is 5.06. The van der Waals surface area contributed by atoms with Crippen LogP contribution in [0.4, 0.5) is 0 Å². The van der Waals surface area contributed by atoms with E-state index in [0.717, 1.165) is 37.3 Å². The van der Waals surface area contributed by atoms with Gasteiger partial charge in [0.25, 0.3) is 0 Å². The van der Waals surface area contributed by atoms with Crippen molar-refractivity contribution in [2.75, 3.05) is 24.6 Å². The number of hydrogen-bond acceptors (Lipinski definition) is 3. The molecule has 2 fully saturated rings. The number of nitrogens with zero attached hydrogens (tertiary/aromatic N) is 2. The molecule has 0 aliphatic carbocycles. The Hall–Kier alpha value is -0.710. The summed E-state index contributed by atoms with van der Waals surface area (Å²) in [6.45, 7) is 5.64. The highest BCUT2D eigenvalue weighted by Gasteiger charge is 2.40. The zero-order chi connectivity index (χ0) is 13.8. The van der Waals surface area contributed by atoms with Crippen LogP contribution in [-0.4, -0.2) is 58.3 Å². The Labute approximate surface area is 119 Å². The fourth-order valence-electron chi connectivity index (χ4n) is 2.97. The quantitative estimate of drug-likeness (QED) is 0.722. The Morgan fingerprint density at radius 2 is 2.16 bits per heavy atom. The van der Waals surface area contributed by atoms with Crippen molar-refractivity contribution in [1.29, 1.82) is 0 Å². The van der Waals surface area contributed by atoms with Crippen LogP contribution >= 0.6 is 11.8 Å². The zero-order valence-electron chi connectivity index (χ0n) is 11.9. The second-order valence-electron chi connectivity index (χ2n) is 5.36. The van der Waals surface area contributed by atoms with Crippen LogP contribution in [0.25, 0.3) is 0 Å². The summed E-state index contributed by atoms with van der Waals surface area (Å²) < 4.78 is 0. The van der Waals surface area contributed by atoms with Crippen LogP contribution in [0.3, 0.4) is 0 Å². The molecule has 2 rings (SSSR count). The van der Waals surface area contributed by atoms with Gasteiger partial charge in [0, 0.05) is 25.6 Å². The number of fused-ring (bicyclic) bond motifs is 1. The maximum absolute atomic E-state index is 12.6. The fourth-order valence-corrected chi connectivity index (χ4v) is 3.77. The van der Waals surface area contributed by atoms with Crippen LogP contribution in [0.15, 0.2) is 0 Å². The van der Waals surface area contributed by atoms with E-state index < -0.39 is 0 Å². The molecule has 0 bridgehead atoms. The molecule has 5 heteroatoms. The molecule has 0 saturated carbocycles. The minimum atomic E-state index is -0.170. The van der Waals surface area contributed by atoms with E-state index in [0.29, 0.717) is 13.0 Å². The maximum atomic E-state index is 12.6. The van der Waals surface area contributed by atoms with Gasteiger partial charge in [-0.1, -0.05) is 6.92 Å². The molecule has 0 N–H and O–H groups in total. The summed E-state index contributed by atoms with van der Waals surface area (Å²) in [5.41, 5.74) is 0. The molecular formula is C14H24N2O2S. The molecule has 2 heterocycles. The third kappa shape index (κ3) is 3.25. The van der Waals surface area contributed by atoms with Gasteiger partial charge in [-0.15, -0.1) is 0 Å². The lowest BCUT2D eigenvalue weighted by Gasteiger charge is -2.30. The first-order chi connectivity index (χ1) is 9.15. The topological polar surface area (TPSA) is 40.6 Å². The summed E-state index contributed by atoms with van der Waals surface area (Å²) >= 11 is 1.91. The molecule has 19 heavy (non-hydrogen) atoms. The van der Waals surface area contributed by atoms with Gasteiger partial charge in [0.15, 0.2) is 0 Å². The fraction of sp³-hybridized carbons (Fsp3) is 0.857. The Morgan fingerprint density at radius 1 is 1.37 bits per heavy atom. The largest absolute Gasteiger partial charge is 0.338 e. The summed E-state index contributed by atoms with van der Waals surface area (Å²) in [6.07, 6.45) is 3.33. The number of rotatable bonds is 5. The lowest BCUT2D eigenvalue weighted by molar-refractivity contribution is -0.140. The number of carbonyl (C=O) groups is 2. The van der Waals surface area contributed by atoms with Crippen molar-refractivity contribution >= 4 is 23.6 Å². The van der Waals surface area contributed by atoms with Gasteiger partial charge in [0.05, 0.1) is 0 Å². The highest BCUT2D eigenvalue weighted by Crippen LogP contribution is 2.25. The molecule has 2 atom stereocenters. The summed E-state index contributed by atoms with van der Waals surface area (Å²) in [4.78, 5) is 28.3. The predicted molar refractivity (Wildman–Crippen MR) is 78.1 cm³/mol. The summed E-state index contributed by atoms with van der Waals surface area (Å²) in [5, 5.41) is 0. The maximum Gasteiger partial charge on any atom is 0.245 e. The van der Waals surface area contributed by atoms with Gasteiger partial charge < -0.3 is 9.80 Å². The first kappa shape index (κ1) is 14.7. The normalized spacial score (nSPS) is 25.5. The molecule has 2 aliphatic rings. The van der Waals surface area contributed by atoms with E-state index >= 15 is 0 Å². The summed E-state index contributed by atoms with van der Waals surface area (Å²) in [5.74, 6) is 2.55. The summed E-state index contributed by atoms with van der Waals surface area (Å²) in [6, 6.07) is 0.0798. The predicted octanol–water partition coefficient (Wildman–Crippen LogP) is 1.74. The Balaban J connectivity index is 2.00. The smallest absolute Gasteiger partial charge is 0.245 e. The average Bonchev–Trinajstić information content (AvgIpc) is 2.84. The molecule has 2 aliphatic heterocycles. The van der Waals surface area contributed by atoms with Gasteiger partial charge in [-0.25, -0.2) is 0 Å². The monoisotopic (exact) mass is 284 g/mol. The minimum absolute atomic E-state index is 0.161. The van der Waals surface area contributed by atoms with E-state index in [-0.39, 0.29) is 23.9 Å². The second-order valence-corrected chi connectivity index (χ2v) is 6.76. The van der Waals surface area contributed by atoms with Crippen LogP contribution in [0.2, 0.25) is 0 Å². The Morgan fingerprint density at radius 3 is 2.89 bits per heavy atom. The average molecular weight is 284 g/mol. The van der Waals surface area contributed by atoms with Crippen molar-refractivity contribution in [2.24, 2.45) is 0 Å². The van der Waals surface area contributed by atoms with E-state index in [1.165, 1.54) is 0 Å². The van der Waals surface area contributed by atoms with E-state index in [1.807, 2.05) is 16.7 Å². The van der Waals surface area contributed by atoms with Crippen molar-refractivity contribution in [2.45, 2.75) is 51.6 Å². The standard InChI is InChI=1S/C14H24N2O2S/c1-3-19-10-7-11(2)15-9-6-13(17)16-8-4-5-12(16)14(15)18/h11-12H,3-10H2,1-2H3. The second kappa shape index (κ2) is 6.64. The number of hydrogen-bond donors (Lipinski definition) is 0. The van der Waals surface area contributed by atoms with Gasteiger partial charge in [-0.3, -0.25) is 9.59 Å². The van der Waals surface area contributed by atoms with Gasteiger partial charge in [0.2, 0.25) is 11.8 Å². The molecular weight excluding hydrogens is 260 g/mol. The zero-order valence-corrected chi connectivity index (χ0v) is 12.7. The Bertz CT molecular complexity index is 348. The molecule has 0 aromatic heterocycles. The molecule has 0 aromatic carbocycles. The molecule has 0 spiro atoms. The van der Waals surface area contributed by atoms with Crippen molar-refractivity contribution < 1.29 is 9.59 Å². The van der Waals surface area contributed by atoms with E-state index in [1.54, 1.807) is 4.90 Å². The Kier molecular flexibility index (Phi) is 5.13. The van der Waals surface area contributed by atoms with Crippen LogP contribution in [0, 0.1) is 0 Å². The van der Waals surface area contributed by atoms with Crippen molar-refractivity contribution in [1.82, 2.24) is 9.80 Å². The summed E-state index contributed by atoms with van der Waals surface area (Å²) in [7, 11) is 0. The lowest BCUT2D eigenvalue weighted by atomic mass is 10.1. The van der Waals surface area contributed by atoms with Gasteiger partial charge in [-0.05, 0) is 37.7 Å². The molecule has 108 valence electrons. The molecule has 2 unspecified atom stereocenters. The van der Waals surface area contributed by atoms with Gasteiger partial charge in [-0.2, -0.15) is 11.8 Å². The van der Waals surface area contributed by atoms with E-state index in [4.69, 9.17) is 0 Å². The molecule has 4 nitrogen and oxygen atoms in total. The molecule has 0 aromatic rings. The molecule has 2 amide bonds. The number of thioether (sulfide) groups is 1. The van der Waals surface area contributed by atoms with Gasteiger partial charge in [0.1, 0.15) is 6.04 Å². The van der Waals surface area contributed by atoms with Crippen molar-refractivity contribution in [3.05, 3.63) is 0 Å². The lowest BCUT2D eigenvalue weighted by Crippen LogP contribution is -2.46. The first-order valence-corrected chi connectivity index (χ1v) is 8.48. The van der Waals surface area contributed by atoms with Crippen LogP contribution in [-0.2, 0) is 9.59 Å². The van der Waals surface area contributed by atoms with Crippen molar-refractivity contribution in [3.8, 4) is 0 Å². The van der Waals surface area contributed by atoms with Crippen LogP contribution in [0.5, 0.6) is 0 Å². The SMILES string of the molecule is CCSCCC(C)N1CCC(=O)N2CCCC2C1=O. The number of amides is 2. The van der Waals surface area contributed by atoms with E-state index in [2.05, 4.69) is 13.8 Å². The van der Waals surface area contributed by atoms with Gasteiger partial charge >= 0.3 is 0 Å². The van der Waals surface area contributed by atoms with Crippen LogP contribution in [0.1, 0.15) is 39.5 Å². The highest BCUT2D eigenvalue weighted by atomic mass is 32.2. The van der Waals surface area contributed by atoms with Crippen LogP contribution < -0.4 is 0 Å². The minimum Gasteiger partial charge on any atom is -0.338 e. The van der Waals surface area contributed by atoms with Crippen molar-refractivity contribution in [3.63, 3.8) is 0 Å². The van der Waals surface area contributed by atoms with E-state index in [9.17, 15) is 9.59 Å². The molecule has 2 saturated heterocycles. The number of carbonyl (C=O) groups excluding carboxylic acids is 2. The first-order valence-electron chi connectivity index (χ1n) is 7.32. The highest BCUT2D eigenvalue weighted by molar-refractivity contribution is 7.99. The third-order valence-electron chi connectivity index (χ3n) is 4.12.